The van der Waals surface area contributed by atoms with Gasteiger partial charge in [0.2, 0.25) is 5.91 Å². The zero-order chi connectivity index (χ0) is 31.1. The fourth-order valence-corrected chi connectivity index (χ4v) is 5.33. The highest BCUT2D eigenvalue weighted by molar-refractivity contribution is 5.80. The van der Waals surface area contributed by atoms with E-state index in [0.717, 1.165) is 22.3 Å². The molecule has 232 valence electrons. The van der Waals surface area contributed by atoms with E-state index in [1.165, 1.54) is 7.11 Å². The molecule has 10 nitrogen and oxygen atoms in total. The van der Waals surface area contributed by atoms with Crippen molar-refractivity contribution in [2.45, 2.75) is 51.8 Å². The van der Waals surface area contributed by atoms with Gasteiger partial charge in [0.1, 0.15) is 17.6 Å². The van der Waals surface area contributed by atoms with Crippen LogP contribution in [0.1, 0.15) is 35.1 Å². The molecule has 5 heterocycles. The predicted octanol–water partition coefficient (Wildman–Crippen LogP) is 3.50. The molecule has 0 saturated carbocycles. The van der Waals surface area contributed by atoms with Crippen LogP contribution >= 0.6 is 0 Å². The van der Waals surface area contributed by atoms with Gasteiger partial charge < -0.3 is 34.5 Å². The SMILES string of the molecule is COc1cc2ccc1OCC(=O)N[C@@H]1CN(C(=O)COc3cccc(C)c3C)CC[C@H]1Oc1ccc(cc1)CNC(=O)CC2. The number of likely N-dealkylation sites (tertiary alicyclic amines) is 1. The number of hydrogen-bond acceptors (Lipinski definition) is 7. The van der Waals surface area contributed by atoms with Crippen LogP contribution in [-0.4, -0.2) is 68.2 Å². The number of methoxy groups -OCH3 is 1. The van der Waals surface area contributed by atoms with Gasteiger partial charge in [0.05, 0.1) is 13.2 Å². The number of hydrogen-bond donors (Lipinski definition) is 2. The van der Waals surface area contributed by atoms with Gasteiger partial charge in [-0.05, 0) is 72.9 Å². The quantitative estimate of drug-likeness (QED) is 0.471. The molecule has 1 saturated heterocycles. The lowest BCUT2D eigenvalue weighted by Gasteiger charge is -2.38. The van der Waals surface area contributed by atoms with Crippen molar-refractivity contribution in [2.24, 2.45) is 0 Å². The Morgan fingerprint density at radius 1 is 0.977 bits per heavy atom. The average Bonchev–Trinajstić information content (AvgIpc) is 3.03. The fourth-order valence-electron chi connectivity index (χ4n) is 5.33. The summed E-state index contributed by atoms with van der Waals surface area (Å²) in [6, 6.07) is 18.2. The number of piperidine rings is 1. The molecule has 2 N–H and O–H groups in total. The molecular weight excluding hydrogens is 562 g/mol. The molecule has 3 aromatic rings. The first kappa shape index (κ1) is 30.7. The predicted molar refractivity (Wildman–Crippen MR) is 164 cm³/mol. The smallest absolute Gasteiger partial charge is 0.260 e. The minimum absolute atomic E-state index is 0.0562. The average molecular weight is 602 g/mol. The summed E-state index contributed by atoms with van der Waals surface area (Å²) < 4.78 is 23.5. The van der Waals surface area contributed by atoms with Gasteiger partial charge >= 0.3 is 0 Å². The number of nitrogens with one attached hydrogen (secondary N) is 2. The number of ether oxygens (including phenoxy) is 4. The molecule has 44 heavy (non-hydrogen) atoms. The largest absolute Gasteiger partial charge is 0.493 e. The summed E-state index contributed by atoms with van der Waals surface area (Å²) in [6.45, 7) is 4.72. The van der Waals surface area contributed by atoms with Gasteiger partial charge in [0.15, 0.2) is 24.7 Å². The van der Waals surface area contributed by atoms with E-state index in [9.17, 15) is 14.4 Å². The summed E-state index contributed by atoms with van der Waals surface area (Å²) in [5.74, 6) is 1.63. The highest BCUT2D eigenvalue weighted by atomic mass is 16.5. The first-order valence-electron chi connectivity index (χ1n) is 14.9. The van der Waals surface area contributed by atoms with Crippen LogP contribution in [0.3, 0.4) is 0 Å². The molecule has 0 aromatic heterocycles. The van der Waals surface area contributed by atoms with Gasteiger partial charge in [-0.3, -0.25) is 14.4 Å². The molecule has 0 radical (unpaired) electrons. The van der Waals surface area contributed by atoms with E-state index in [0.29, 0.717) is 55.4 Å². The van der Waals surface area contributed by atoms with Crippen molar-refractivity contribution in [2.75, 3.05) is 33.4 Å². The van der Waals surface area contributed by atoms with Crippen molar-refractivity contribution in [3.8, 4) is 23.0 Å². The van der Waals surface area contributed by atoms with Crippen LogP contribution in [0.25, 0.3) is 0 Å². The van der Waals surface area contributed by atoms with Crippen molar-refractivity contribution in [1.29, 1.82) is 0 Å². The van der Waals surface area contributed by atoms with Crippen LogP contribution in [0.5, 0.6) is 23.0 Å². The molecule has 10 heteroatoms. The Morgan fingerprint density at radius 3 is 2.57 bits per heavy atom. The van der Waals surface area contributed by atoms with Gasteiger partial charge in [-0.25, -0.2) is 0 Å². The maximum Gasteiger partial charge on any atom is 0.260 e. The first-order chi connectivity index (χ1) is 21.3. The third-order valence-corrected chi connectivity index (χ3v) is 8.08. The highest BCUT2D eigenvalue weighted by Crippen LogP contribution is 2.29. The van der Waals surface area contributed by atoms with Gasteiger partial charge in [-0.15, -0.1) is 0 Å². The molecule has 3 aromatic carbocycles. The summed E-state index contributed by atoms with van der Waals surface area (Å²) in [4.78, 5) is 40.5. The van der Waals surface area contributed by atoms with Crippen molar-refractivity contribution in [3.05, 3.63) is 82.9 Å². The molecule has 8 rings (SSSR count). The molecule has 1 fully saturated rings. The normalized spacial score (nSPS) is 19.1. The lowest BCUT2D eigenvalue weighted by molar-refractivity contribution is -0.137. The topological polar surface area (TPSA) is 115 Å². The second-order valence-corrected chi connectivity index (χ2v) is 11.1. The van der Waals surface area contributed by atoms with Crippen LogP contribution in [0.4, 0.5) is 0 Å². The molecule has 2 atom stereocenters. The minimum Gasteiger partial charge on any atom is -0.493 e. The Balaban J connectivity index is 1.32. The van der Waals surface area contributed by atoms with Gasteiger partial charge in [0, 0.05) is 32.5 Å². The Bertz CT molecular complexity index is 1490. The maximum absolute atomic E-state index is 13.2. The summed E-state index contributed by atoms with van der Waals surface area (Å²) in [6.07, 6.45) is 0.985. The highest BCUT2D eigenvalue weighted by Gasteiger charge is 2.34. The van der Waals surface area contributed by atoms with E-state index in [-0.39, 0.29) is 43.6 Å². The molecule has 0 spiro atoms. The van der Waals surface area contributed by atoms with Crippen LogP contribution in [0.2, 0.25) is 0 Å². The van der Waals surface area contributed by atoms with Crippen molar-refractivity contribution in [3.63, 3.8) is 0 Å². The molecule has 0 unspecified atom stereocenters. The number of carbonyl (C=O) groups is 3. The zero-order valence-electron chi connectivity index (χ0n) is 25.4. The number of nitrogens with zero attached hydrogens (tertiary/aromatic N) is 1. The second-order valence-electron chi connectivity index (χ2n) is 11.1. The number of amides is 3. The van der Waals surface area contributed by atoms with Crippen LogP contribution in [0, 0.1) is 13.8 Å². The molecular formula is C34H39N3O7. The summed E-state index contributed by atoms with van der Waals surface area (Å²) in [5, 5.41) is 5.99. The molecule has 4 bridgehead atoms. The van der Waals surface area contributed by atoms with Gasteiger partial charge in [0.25, 0.3) is 11.8 Å². The van der Waals surface area contributed by atoms with E-state index < -0.39 is 6.04 Å². The lowest BCUT2D eigenvalue weighted by Crippen LogP contribution is -2.59. The summed E-state index contributed by atoms with van der Waals surface area (Å²) in [5.41, 5.74) is 3.94. The molecule has 3 amide bonds. The fraction of sp³-hybridized carbons (Fsp3) is 0.382. The van der Waals surface area contributed by atoms with Crippen molar-refractivity contribution < 1.29 is 33.3 Å². The Labute approximate surface area is 257 Å². The standard InChI is InChI=1S/C34H39N3O7/c1-22-5-4-6-28(23(22)2)43-21-34(40)37-16-15-29-27(19-37)36-33(39)20-42-30-13-9-24(17-31(30)41-3)10-14-32(38)35-18-25-7-11-26(44-29)12-8-25/h4-9,11-13,17,27,29H,10,14-16,18-21H2,1-3H3,(H,35,38)(H,36,39)/t27-,29-/m1/s1. The number of benzene rings is 3. The van der Waals surface area contributed by atoms with Gasteiger partial charge in [-0.2, -0.15) is 0 Å². The monoisotopic (exact) mass is 601 g/mol. The van der Waals surface area contributed by atoms with Crippen molar-refractivity contribution >= 4 is 17.7 Å². The van der Waals surface area contributed by atoms with E-state index >= 15 is 0 Å². The molecule has 5 aliphatic heterocycles. The first-order valence-corrected chi connectivity index (χ1v) is 14.9. The summed E-state index contributed by atoms with van der Waals surface area (Å²) in [7, 11) is 1.53. The van der Waals surface area contributed by atoms with E-state index in [4.69, 9.17) is 18.9 Å². The Kier molecular flexibility index (Phi) is 9.89. The maximum atomic E-state index is 13.2. The Morgan fingerprint density at radius 2 is 1.77 bits per heavy atom. The van der Waals surface area contributed by atoms with Crippen LogP contribution in [-0.2, 0) is 27.3 Å². The molecule has 0 aliphatic carbocycles. The number of rotatable bonds is 4. The minimum atomic E-state index is -0.488. The third-order valence-electron chi connectivity index (χ3n) is 8.08. The van der Waals surface area contributed by atoms with E-state index in [1.54, 1.807) is 11.0 Å². The third kappa shape index (κ3) is 7.80. The van der Waals surface area contributed by atoms with Crippen LogP contribution in [0.15, 0.2) is 60.7 Å². The zero-order valence-corrected chi connectivity index (χ0v) is 25.4. The lowest BCUT2D eigenvalue weighted by atomic mass is 10.0. The van der Waals surface area contributed by atoms with Crippen molar-refractivity contribution in [1.82, 2.24) is 15.5 Å². The summed E-state index contributed by atoms with van der Waals surface area (Å²) >= 11 is 0. The molecule has 5 aliphatic rings. The second kappa shape index (κ2) is 14.2. The van der Waals surface area contributed by atoms with Gasteiger partial charge in [-0.1, -0.05) is 30.3 Å². The number of carbonyl (C=O) groups excluding carboxylic acids is 3. The van der Waals surface area contributed by atoms with E-state index in [2.05, 4.69) is 10.6 Å². The van der Waals surface area contributed by atoms with E-state index in [1.807, 2.05) is 68.4 Å². The Hall–Kier alpha value is -4.73. The van der Waals surface area contributed by atoms with Crippen LogP contribution < -0.4 is 29.6 Å². The number of aryl methyl sites for hydroxylation is 2.